The van der Waals surface area contributed by atoms with Crippen molar-refractivity contribution in [1.29, 1.82) is 0 Å². The third-order valence-electron chi connectivity index (χ3n) is 11.8. The number of ether oxygens (including phenoxy) is 4. The second-order valence-electron chi connectivity index (χ2n) is 16.4. The Morgan fingerprint density at radius 1 is 0.263 bits per heavy atom. The highest BCUT2D eigenvalue weighted by molar-refractivity contribution is 7.97. The Labute approximate surface area is 442 Å². The number of hydrogen-bond donors (Lipinski definition) is 0. The highest BCUT2D eigenvalue weighted by Gasteiger charge is 2.52. The van der Waals surface area contributed by atoms with Gasteiger partial charge in [-0.15, -0.1) is 21.9 Å². The maximum absolute atomic E-state index is 15.4. The van der Waals surface area contributed by atoms with E-state index in [1.807, 2.05) is 42.5 Å². The molecule has 0 aliphatic heterocycles. The van der Waals surface area contributed by atoms with Gasteiger partial charge in [0.15, 0.2) is 85.3 Å². The summed E-state index contributed by atoms with van der Waals surface area (Å²) in [5, 5.41) is 0. The van der Waals surface area contributed by atoms with E-state index in [2.05, 4.69) is 72.8 Å². The zero-order chi connectivity index (χ0) is 58.3. The van der Waals surface area contributed by atoms with Gasteiger partial charge in [-0.05, 0) is 48.5 Å². The van der Waals surface area contributed by atoms with E-state index in [0.717, 1.165) is 11.5 Å². The molecule has 0 bridgehead atoms. The van der Waals surface area contributed by atoms with Crippen LogP contribution in [0.15, 0.2) is 130 Å². The largest absolute Gasteiger partial charge is 0.491 e. The van der Waals surface area contributed by atoms with Crippen LogP contribution in [-0.2, 0) is 20.4 Å². The average molecular weight is 1170 g/mol. The quantitative estimate of drug-likeness (QED) is 0.0214. The van der Waals surface area contributed by atoms with Gasteiger partial charge >= 0.3 is 0 Å². The summed E-state index contributed by atoms with van der Waals surface area (Å²) in [4.78, 5) is 3.70. The van der Waals surface area contributed by atoms with Gasteiger partial charge in [0.1, 0.15) is 82.5 Å². The average Bonchev–Trinajstić information content (AvgIpc) is 3.47. The summed E-state index contributed by atoms with van der Waals surface area (Å²) in [5.74, 6) is -69.7. The van der Waals surface area contributed by atoms with E-state index < -0.39 is 144 Å². The summed E-state index contributed by atoms with van der Waals surface area (Å²) in [5.41, 5.74) is -14.3. The van der Waals surface area contributed by atoms with Crippen LogP contribution in [0.3, 0.4) is 0 Å². The summed E-state index contributed by atoms with van der Waals surface area (Å²) < 4.78 is 317. The topological polar surface area (TPSA) is 36.9 Å². The van der Waals surface area contributed by atoms with Crippen LogP contribution in [0, 0.1) is 116 Å². The molecule has 0 atom stereocenters. The van der Waals surface area contributed by atoms with E-state index in [1.54, 1.807) is 0 Å². The third kappa shape index (κ3) is 11.4. The Bertz CT molecular complexity index is 3110. The molecule has 8 aromatic rings. The molecule has 0 heterocycles. The van der Waals surface area contributed by atoms with Gasteiger partial charge in [-0.2, -0.15) is 0 Å². The molecule has 0 unspecified atom stereocenters. The minimum atomic E-state index is -7.22. The van der Waals surface area contributed by atoms with Gasteiger partial charge < -0.3 is 18.9 Å². The highest BCUT2D eigenvalue weighted by Crippen LogP contribution is 2.37. The van der Waals surface area contributed by atoms with Crippen LogP contribution < -0.4 is 31.3 Å². The second kappa shape index (κ2) is 25.6. The van der Waals surface area contributed by atoms with Crippen molar-refractivity contribution in [3.8, 4) is 11.5 Å². The van der Waals surface area contributed by atoms with E-state index in [1.165, 1.54) is 14.7 Å². The smallest absolute Gasteiger partial charge is 0.208 e. The van der Waals surface area contributed by atoms with Crippen LogP contribution in [-0.4, -0.2) is 45.8 Å². The first kappa shape index (κ1) is 59.9. The van der Waals surface area contributed by atoms with E-state index >= 15 is 35.1 Å². The van der Waals surface area contributed by atoms with Crippen molar-refractivity contribution in [2.45, 2.75) is 14.7 Å². The predicted octanol–water partition coefficient (Wildman–Crippen LogP) is 12.1. The fourth-order valence-electron chi connectivity index (χ4n) is 8.38. The minimum absolute atomic E-state index is 0.251. The first-order chi connectivity index (χ1) is 38.1. The first-order valence-electron chi connectivity index (χ1n) is 22.7. The van der Waals surface area contributed by atoms with Gasteiger partial charge in [0.25, 0.3) is 0 Å². The van der Waals surface area contributed by atoms with Crippen LogP contribution in [0.1, 0.15) is 0 Å². The Balaban J connectivity index is 0.000000238. The lowest BCUT2D eigenvalue weighted by Crippen LogP contribution is -2.81. The van der Waals surface area contributed by atoms with Gasteiger partial charge in [0.05, 0.1) is 26.4 Å². The zero-order valence-corrected chi connectivity index (χ0v) is 40.7. The molecule has 8 rings (SSSR count). The molecule has 0 N–H and O–H groups in total. The minimum Gasteiger partial charge on any atom is -0.491 e. The summed E-state index contributed by atoms with van der Waals surface area (Å²) in [6.45, 7) is 3.09. The van der Waals surface area contributed by atoms with E-state index in [9.17, 15) is 52.7 Å². The molecule has 420 valence electrons. The van der Waals surface area contributed by atoms with E-state index in [-0.39, 0.29) is 10.9 Å². The molecule has 0 spiro atoms. The van der Waals surface area contributed by atoms with Crippen LogP contribution in [0.2, 0.25) is 0 Å². The number of halogens is 20. The fraction of sp³-hybridized carbons (Fsp3) is 0.111. The number of para-hydroxylation sites is 2. The summed E-state index contributed by atoms with van der Waals surface area (Å²) in [6, 6.07) is 39.2. The molecular formula is C54H31BF20O4S. The van der Waals surface area contributed by atoms with Crippen molar-refractivity contribution in [1.82, 2.24) is 0 Å². The van der Waals surface area contributed by atoms with Crippen molar-refractivity contribution < 1.29 is 107 Å². The predicted molar refractivity (Wildman–Crippen MR) is 250 cm³/mol. The molecule has 0 aliphatic rings. The number of rotatable bonds is 18. The van der Waals surface area contributed by atoms with Crippen molar-refractivity contribution in [2.75, 3.05) is 39.6 Å². The molecule has 0 radical (unpaired) electrons. The Morgan fingerprint density at radius 3 is 0.838 bits per heavy atom. The van der Waals surface area contributed by atoms with Gasteiger partial charge in [-0.3, -0.25) is 0 Å². The third-order valence-corrected chi connectivity index (χ3v) is 14.1. The van der Waals surface area contributed by atoms with Crippen LogP contribution in [0.5, 0.6) is 11.5 Å². The van der Waals surface area contributed by atoms with E-state index in [4.69, 9.17) is 18.9 Å². The van der Waals surface area contributed by atoms with Crippen molar-refractivity contribution in [3.63, 3.8) is 0 Å². The Hall–Kier alpha value is -7.71. The lowest BCUT2D eigenvalue weighted by Gasteiger charge is -2.44. The van der Waals surface area contributed by atoms with Gasteiger partial charge in [0, 0.05) is 0 Å². The molecule has 0 saturated heterocycles. The summed E-state index contributed by atoms with van der Waals surface area (Å²) in [6.07, 6.45) is -7.22. The first-order valence-corrected chi connectivity index (χ1v) is 24.0. The Kier molecular flexibility index (Phi) is 19.2. The number of benzene rings is 8. The standard InChI is InChI=1S/C30H31O4S.C24BF20/c1-4-12-26(13-5-1)33-24-22-31-20-21-32-23-25-34-29-18-10-11-19-30(29)35(27-14-6-2-7-15-27)28-16-8-3-9-17-28;26-5-1(6(27)14(35)21(42)13(5)34)25(2-7(28)15(36)22(43)16(37)8(2)29,3-9(30)17(38)23(44)18(39)10(3)31)4-11(32)19(40)24(45)20(41)12(4)33/h1-19H,20-25H2;/q+1;-1. The zero-order valence-electron chi connectivity index (χ0n) is 39.9. The summed E-state index contributed by atoms with van der Waals surface area (Å²) >= 11 is 0. The molecule has 4 nitrogen and oxygen atoms in total. The molecule has 0 aromatic heterocycles. The maximum atomic E-state index is 15.4. The Morgan fingerprint density at radius 2 is 0.512 bits per heavy atom. The SMILES string of the molecule is Fc1c(F)c(F)c([B-](c2c(F)c(F)c(F)c(F)c2F)(c2c(F)c(F)c(F)c(F)c2F)c2c(F)c(F)c(F)c(F)c2F)c(F)c1F.c1ccc(OCCOCCOCCOc2ccccc2[S+](c2ccccc2)c2ccccc2)cc1. The van der Waals surface area contributed by atoms with Crippen LogP contribution in [0.4, 0.5) is 87.8 Å². The molecule has 8 aromatic carbocycles. The molecule has 26 heteroatoms. The normalized spacial score (nSPS) is 11.5. The van der Waals surface area contributed by atoms with Crippen LogP contribution in [0.25, 0.3) is 0 Å². The number of hydrogen-bond acceptors (Lipinski definition) is 4. The monoisotopic (exact) mass is 1170 g/mol. The summed E-state index contributed by atoms with van der Waals surface area (Å²) in [7, 11) is -0.251. The van der Waals surface area contributed by atoms with Crippen molar-refractivity contribution in [3.05, 3.63) is 232 Å². The molecule has 0 fully saturated rings. The van der Waals surface area contributed by atoms with Crippen LogP contribution >= 0.6 is 0 Å². The lowest BCUT2D eigenvalue weighted by molar-refractivity contribution is 0.0271. The van der Waals surface area contributed by atoms with Crippen molar-refractivity contribution >= 4 is 38.9 Å². The van der Waals surface area contributed by atoms with E-state index in [0.29, 0.717) is 39.6 Å². The molecule has 0 amide bonds. The highest BCUT2D eigenvalue weighted by atomic mass is 32.2. The lowest BCUT2D eigenvalue weighted by atomic mass is 9.12. The van der Waals surface area contributed by atoms with Gasteiger partial charge in [0.2, 0.25) is 4.90 Å². The molecular weight excluding hydrogens is 1140 g/mol. The molecule has 0 aliphatic carbocycles. The second-order valence-corrected chi connectivity index (χ2v) is 18.4. The maximum Gasteiger partial charge on any atom is 0.208 e. The van der Waals surface area contributed by atoms with Gasteiger partial charge in [-0.1, -0.05) is 66.7 Å². The fourth-order valence-corrected chi connectivity index (χ4v) is 10.6. The van der Waals surface area contributed by atoms with Gasteiger partial charge in [-0.25, -0.2) is 87.8 Å². The molecule has 0 saturated carbocycles. The molecule has 80 heavy (non-hydrogen) atoms. The van der Waals surface area contributed by atoms with Crippen molar-refractivity contribution in [2.24, 2.45) is 0 Å².